The normalized spacial score (nSPS) is 35.5. The maximum Gasteiger partial charge on any atom is 0.403 e. The fraction of sp³-hybridized carbons (Fsp3) is 1.00. The molecule has 0 heterocycles. The average Bonchev–Trinajstić information content (AvgIpc) is 2.33. The lowest BCUT2D eigenvalue weighted by atomic mass is 10.1. The van der Waals surface area contributed by atoms with Crippen LogP contribution in [0.3, 0.4) is 0 Å². The Balaban J connectivity index is 2.84. The smallest absolute Gasteiger partial charge is 0.250 e. The lowest BCUT2D eigenvalue weighted by molar-refractivity contribution is -0.215. The van der Waals surface area contributed by atoms with Gasteiger partial charge in [-0.1, -0.05) is 0 Å². The molecule has 1 atom stereocenters. The monoisotopic (exact) mass is 178 g/mol. The van der Waals surface area contributed by atoms with E-state index < -0.39 is 30.6 Å². The van der Waals surface area contributed by atoms with Crippen molar-refractivity contribution in [3.8, 4) is 0 Å². The van der Waals surface area contributed by atoms with E-state index in [1.54, 1.807) is 0 Å². The van der Waals surface area contributed by atoms with E-state index in [2.05, 4.69) is 0 Å². The summed E-state index contributed by atoms with van der Waals surface area (Å²) in [6, 6.07) is 0. The van der Waals surface area contributed by atoms with Crippen LogP contribution in [0.25, 0.3) is 0 Å². The zero-order chi connectivity index (χ0) is 8.91. The average molecular weight is 178 g/mol. The molecule has 0 bridgehead atoms. The molecule has 6 heteroatoms. The first-order valence-electron chi connectivity index (χ1n) is 2.77. The zero-order valence-corrected chi connectivity index (χ0v) is 5.18. The predicted octanol–water partition coefficient (Wildman–Crippen LogP) is 2.54. The Labute approximate surface area is 58.2 Å². The maximum atomic E-state index is 12.0. The van der Waals surface area contributed by atoms with Gasteiger partial charge in [0.05, 0.1) is 0 Å². The summed E-state index contributed by atoms with van der Waals surface area (Å²) < 4.78 is 70.6. The quantitative estimate of drug-likeness (QED) is 0.541. The number of hydrogen-bond acceptors (Lipinski definition) is 0. The van der Waals surface area contributed by atoms with Gasteiger partial charge in [0.15, 0.2) is 5.41 Å². The molecule has 1 fully saturated rings. The van der Waals surface area contributed by atoms with Crippen LogP contribution in [0.15, 0.2) is 0 Å². The molecular weight excluding hydrogens is 174 g/mol. The minimum Gasteiger partial charge on any atom is -0.250 e. The Kier molecular flexibility index (Phi) is 1.45. The summed E-state index contributed by atoms with van der Waals surface area (Å²) in [6.45, 7) is -2.04. The van der Waals surface area contributed by atoms with E-state index in [4.69, 9.17) is 0 Å². The second-order valence-corrected chi connectivity index (χ2v) is 2.59. The van der Waals surface area contributed by atoms with Crippen LogP contribution in [0, 0.1) is 5.41 Å². The molecule has 1 aliphatic carbocycles. The first-order valence-corrected chi connectivity index (χ1v) is 2.77. The molecule has 0 nitrogen and oxygen atoms in total. The third kappa shape index (κ3) is 0.911. The second kappa shape index (κ2) is 1.84. The Morgan fingerprint density at radius 3 is 1.55 bits per heavy atom. The fourth-order valence-electron chi connectivity index (χ4n) is 0.863. The summed E-state index contributed by atoms with van der Waals surface area (Å²) in [6.07, 6.45) is -6.55. The SMILES string of the molecule is FCC1(C(F)(F)F)CC1(F)F. The highest BCUT2D eigenvalue weighted by Gasteiger charge is 2.83. The molecule has 66 valence electrons. The molecule has 0 saturated heterocycles. The second-order valence-electron chi connectivity index (χ2n) is 2.59. The van der Waals surface area contributed by atoms with Crippen molar-refractivity contribution in [3.63, 3.8) is 0 Å². The van der Waals surface area contributed by atoms with Crippen LogP contribution in [-0.2, 0) is 0 Å². The lowest BCUT2D eigenvalue weighted by Crippen LogP contribution is -2.32. The van der Waals surface area contributed by atoms with Crippen molar-refractivity contribution in [1.29, 1.82) is 0 Å². The molecule has 1 rings (SSSR count). The Morgan fingerprint density at radius 2 is 1.55 bits per heavy atom. The lowest BCUT2D eigenvalue weighted by Gasteiger charge is -2.15. The van der Waals surface area contributed by atoms with Crippen molar-refractivity contribution < 1.29 is 26.3 Å². The molecule has 1 saturated carbocycles. The topological polar surface area (TPSA) is 0 Å². The van der Waals surface area contributed by atoms with Crippen molar-refractivity contribution >= 4 is 0 Å². The number of rotatable bonds is 1. The molecule has 0 amide bonds. The van der Waals surface area contributed by atoms with Crippen LogP contribution >= 0.6 is 0 Å². The van der Waals surface area contributed by atoms with Crippen molar-refractivity contribution in [3.05, 3.63) is 0 Å². The standard InChI is InChI=1S/C5H4F6/c6-2-3(5(9,10)11)1-4(3,7)8/h1-2H2. The third-order valence-corrected chi connectivity index (χ3v) is 1.87. The molecule has 1 unspecified atom stereocenters. The number of halogens is 6. The number of alkyl halides is 6. The van der Waals surface area contributed by atoms with Crippen molar-refractivity contribution in [1.82, 2.24) is 0 Å². The highest BCUT2D eigenvalue weighted by molar-refractivity contribution is 5.14. The first kappa shape index (κ1) is 8.67. The van der Waals surface area contributed by atoms with Gasteiger partial charge in [-0.05, 0) is 0 Å². The van der Waals surface area contributed by atoms with E-state index in [9.17, 15) is 26.3 Å². The van der Waals surface area contributed by atoms with Crippen LogP contribution < -0.4 is 0 Å². The third-order valence-electron chi connectivity index (χ3n) is 1.87. The van der Waals surface area contributed by atoms with Crippen molar-refractivity contribution in [2.45, 2.75) is 18.5 Å². The summed E-state index contributed by atoms with van der Waals surface area (Å²) in [5, 5.41) is 0. The van der Waals surface area contributed by atoms with Crippen LogP contribution in [0.4, 0.5) is 26.3 Å². The van der Waals surface area contributed by atoms with Gasteiger partial charge in [-0.2, -0.15) is 13.2 Å². The number of hydrogen-bond donors (Lipinski definition) is 0. The van der Waals surface area contributed by atoms with Gasteiger partial charge in [-0.3, -0.25) is 0 Å². The van der Waals surface area contributed by atoms with Gasteiger partial charge in [0.25, 0.3) is 5.92 Å². The summed E-state index contributed by atoms with van der Waals surface area (Å²) in [5.74, 6) is -3.90. The van der Waals surface area contributed by atoms with Crippen LogP contribution in [0.1, 0.15) is 6.42 Å². The summed E-state index contributed by atoms with van der Waals surface area (Å²) in [4.78, 5) is 0. The molecule has 0 spiro atoms. The molecule has 0 aromatic carbocycles. The summed E-state index contributed by atoms with van der Waals surface area (Å²) in [7, 11) is 0. The van der Waals surface area contributed by atoms with E-state index in [1.165, 1.54) is 0 Å². The summed E-state index contributed by atoms with van der Waals surface area (Å²) in [5.41, 5.74) is -3.38. The van der Waals surface area contributed by atoms with E-state index in [1.807, 2.05) is 0 Å². The minimum absolute atomic E-state index is 1.42. The molecule has 0 N–H and O–H groups in total. The zero-order valence-electron chi connectivity index (χ0n) is 5.18. The molecular formula is C5H4F6. The van der Waals surface area contributed by atoms with Gasteiger partial charge in [0, 0.05) is 6.42 Å². The van der Waals surface area contributed by atoms with Gasteiger partial charge in [0.1, 0.15) is 6.67 Å². The van der Waals surface area contributed by atoms with Gasteiger partial charge >= 0.3 is 6.18 Å². The van der Waals surface area contributed by atoms with Crippen molar-refractivity contribution in [2.75, 3.05) is 6.67 Å². The largest absolute Gasteiger partial charge is 0.403 e. The van der Waals surface area contributed by atoms with Crippen LogP contribution in [0.5, 0.6) is 0 Å². The first-order chi connectivity index (χ1) is 4.77. The predicted molar refractivity (Wildman–Crippen MR) is 24.0 cm³/mol. The Bertz CT molecular complexity index is 170. The summed E-state index contributed by atoms with van der Waals surface area (Å²) >= 11 is 0. The maximum absolute atomic E-state index is 12.0. The minimum atomic E-state index is -5.13. The van der Waals surface area contributed by atoms with E-state index in [-0.39, 0.29) is 0 Å². The van der Waals surface area contributed by atoms with Gasteiger partial charge in [-0.25, -0.2) is 13.2 Å². The molecule has 11 heavy (non-hydrogen) atoms. The Morgan fingerprint density at radius 1 is 1.18 bits per heavy atom. The van der Waals surface area contributed by atoms with E-state index in [0.717, 1.165) is 0 Å². The van der Waals surface area contributed by atoms with Gasteiger partial charge in [-0.15, -0.1) is 0 Å². The molecule has 0 aromatic heterocycles. The fourth-order valence-corrected chi connectivity index (χ4v) is 0.863. The highest BCUT2D eigenvalue weighted by Crippen LogP contribution is 2.68. The molecule has 0 aliphatic heterocycles. The molecule has 0 radical (unpaired) electrons. The van der Waals surface area contributed by atoms with E-state index in [0.29, 0.717) is 0 Å². The van der Waals surface area contributed by atoms with Crippen LogP contribution in [0.2, 0.25) is 0 Å². The molecule has 1 aliphatic rings. The Hall–Kier alpha value is -0.420. The van der Waals surface area contributed by atoms with E-state index >= 15 is 0 Å². The highest BCUT2D eigenvalue weighted by atomic mass is 19.4. The van der Waals surface area contributed by atoms with Gasteiger partial charge < -0.3 is 0 Å². The van der Waals surface area contributed by atoms with Gasteiger partial charge in [0.2, 0.25) is 0 Å². The molecule has 0 aromatic rings. The van der Waals surface area contributed by atoms with Crippen LogP contribution in [-0.4, -0.2) is 18.8 Å². The van der Waals surface area contributed by atoms with Crippen molar-refractivity contribution in [2.24, 2.45) is 5.41 Å².